The van der Waals surface area contributed by atoms with Crippen molar-refractivity contribution in [1.82, 2.24) is 30.2 Å². The number of fused-ring (bicyclic) bond motifs is 1. The van der Waals surface area contributed by atoms with Crippen molar-refractivity contribution in [1.29, 1.82) is 0 Å². The predicted octanol–water partition coefficient (Wildman–Crippen LogP) is 0.101. The Bertz CT molecular complexity index is 1830. The average molecular weight is 866 g/mol. The van der Waals surface area contributed by atoms with Gasteiger partial charge in [0.05, 0.1) is 19.5 Å². The lowest BCUT2D eigenvalue weighted by atomic mass is 9.87. The first-order valence-electron chi connectivity index (χ1n) is 16.4. The van der Waals surface area contributed by atoms with Gasteiger partial charge in [-0.1, -0.05) is 46.4 Å². The Morgan fingerprint density at radius 1 is 1.04 bits per heavy atom. The summed E-state index contributed by atoms with van der Waals surface area (Å²) >= 11 is 1.10. The number of imidazole rings is 1. The van der Waals surface area contributed by atoms with E-state index in [-0.39, 0.29) is 41.6 Å². The maximum absolute atomic E-state index is 12.7. The summed E-state index contributed by atoms with van der Waals surface area (Å²) in [7, 11) is -16.4. The molecule has 312 valence electrons. The number of amides is 2. The van der Waals surface area contributed by atoms with Gasteiger partial charge in [-0.3, -0.25) is 32.5 Å². The van der Waals surface area contributed by atoms with E-state index in [4.69, 9.17) is 19.5 Å². The number of aliphatic hydroxyl groups excluding tert-OH is 2. The zero-order valence-electron chi connectivity index (χ0n) is 30.3. The van der Waals surface area contributed by atoms with Crippen LogP contribution in [0.1, 0.15) is 53.7 Å². The number of aromatic nitrogens is 4. The highest BCUT2D eigenvalue weighted by atomic mass is 32.2. The van der Waals surface area contributed by atoms with Gasteiger partial charge in [-0.2, -0.15) is 4.31 Å². The van der Waals surface area contributed by atoms with Gasteiger partial charge >= 0.3 is 23.5 Å². The second-order valence-electron chi connectivity index (χ2n) is 13.4. The number of aliphatic hydroxyl groups is 2. The molecule has 3 unspecified atom stereocenters. The number of nitrogens with two attached hydrogens (primary N) is 1. The van der Waals surface area contributed by atoms with E-state index in [9.17, 15) is 57.9 Å². The molecule has 0 radical (unpaired) electrons. The number of phosphoric acid groups is 3. The van der Waals surface area contributed by atoms with E-state index in [0.29, 0.717) is 12.2 Å². The van der Waals surface area contributed by atoms with E-state index >= 15 is 0 Å². The van der Waals surface area contributed by atoms with E-state index in [2.05, 4.69) is 34.4 Å². The van der Waals surface area contributed by atoms with E-state index in [1.807, 2.05) is 20.8 Å². The van der Waals surface area contributed by atoms with E-state index in [0.717, 1.165) is 29.0 Å². The van der Waals surface area contributed by atoms with Crippen LogP contribution >= 0.6 is 35.2 Å². The number of carbonyl (C=O) groups is 3. The van der Waals surface area contributed by atoms with Crippen LogP contribution in [0.5, 0.6) is 0 Å². The van der Waals surface area contributed by atoms with Crippen LogP contribution in [-0.4, -0.2) is 123 Å². The zero-order valence-corrected chi connectivity index (χ0v) is 33.8. The quantitative estimate of drug-likeness (QED) is 0.0593. The number of thioether (sulfide) groups is 1. The fourth-order valence-corrected chi connectivity index (χ4v) is 8.37. The number of nitrogens with one attached hydrogen (secondary N) is 2. The molecule has 28 heteroatoms. The first kappa shape index (κ1) is 46.9. The first-order valence-corrected chi connectivity index (χ1v) is 21.9. The Kier molecular flexibility index (Phi) is 16.1. The number of rotatable bonds is 21. The Hall–Kier alpha value is -2.44. The Balaban J connectivity index is 1.50. The second kappa shape index (κ2) is 18.9. The molecule has 24 nitrogen and oxygen atoms in total. The Morgan fingerprint density at radius 3 is 2.33 bits per heavy atom. The minimum atomic E-state index is -5.57. The molecule has 1 aliphatic heterocycles. The summed E-state index contributed by atoms with van der Waals surface area (Å²) in [5.74, 6) is -1.09. The predicted molar refractivity (Wildman–Crippen MR) is 191 cm³/mol. The molecule has 2 amide bonds. The van der Waals surface area contributed by atoms with E-state index in [1.54, 1.807) is 0 Å². The number of hydrogen-bond acceptors (Lipinski definition) is 18. The second-order valence-corrected chi connectivity index (χ2v) is 18.7. The van der Waals surface area contributed by atoms with Crippen molar-refractivity contribution in [3.05, 3.63) is 12.7 Å². The zero-order chi connectivity index (χ0) is 41.6. The summed E-state index contributed by atoms with van der Waals surface area (Å²) in [6.07, 6.45) is -6.23. The van der Waals surface area contributed by atoms with Gasteiger partial charge in [-0.15, -0.1) is 0 Å². The van der Waals surface area contributed by atoms with Gasteiger partial charge in [-0.05, 0) is 6.42 Å². The molecule has 1 aliphatic rings. The smallest absolute Gasteiger partial charge is 0.386 e. The van der Waals surface area contributed by atoms with Gasteiger partial charge in [0.2, 0.25) is 11.8 Å². The van der Waals surface area contributed by atoms with Crippen LogP contribution in [0.2, 0.25) is 0 Å². The minimum absolute atomic E-state index is 0.00109. The number of hydrogen-bond donors (Lipinski definition) is 9. The van der Waals surface area contributed by atoms with Crippen molar-refractivity contribution in [3.8, 4) is 0 Å². The Labute approximate surface area is 318 Å². The van der Waals surface area contributed by atoms with Gasteiger partial charge in [0.25, 0.3) is 0 Å². The summed E-state index contributed by atoms with van der Waals surface area (Å²) in [5, 5.41) is 26.4. The number of nitrogens with zero attached hydrogens (tertiary/aromatic N) is 4. The molecule has 10 N–H and O–H groups in total. The van der Waals surface area contributed by atoms with E-state index in [1.165, 1.54) is 13.8 Å². The van der Waals surface area contributed by atoms with Crippen LogP contribution < -0.4 is 16.4 Å². The number of ether oxygens (including phenoxy) is 1. The van der Waals surface area contributed by atoms with Crippen molar-refractivity contribution in [3.63, 3.8) is 0 Å². The van der Waals surface area contributed by atoms with Crippen LogP contribution in [0.15, 0.2) is 12.7 Å². The minimum Gasteiger partial charge on any atom is -0.386 e. The standard InChI is InChI=1S/C27H46N7O17P3S/c1-6-26(2,3)25(39)55-10-9-29-16(35)7-8-30-23(38)20(37)27(4,5)12-48-54(45,46)51-53(43,44)47-11-15-19(50-52(40,41)42)18(36)24(49-15)34-14-33-17-21(28)31-13-32-22(17)34/h13-15,18-20,24,36-37H,6-12H2,1-5H3,(H,29,35)(H,30,38)(H,43,44)(H,45,46)(H2,28,31,32)(H2,40,41,42)/t15-,18-,19-,20+,24?/m1/s1. The molecule has 7 atom stereocenters. The van der Waals surface area contributed by atoms with Gasteiger partial charge in [0.1, 0.15) is 36.3 Å². The number of carbonyl (C=O) groups excluding carboxylic acids is 3. The number of anilines is 1. The lowest BCUT2D eigenvalue weighted by molar-refractivity contribution is -0.137. The number of phosphoric ester groups is 3. The van der Waals surface area contributed by atoms with Gasteiger partial charge in [-0.25, -0.2) is 28.6 Å². The highest BCUT2D eigenvalue weighted by Crippen LogP contribution is 2.61. The molecule has 0 aliphatic carbocycles. The fourth-order valence-electron chi connectivity index (χ4n) is 4.61. The molecule has 0 aromatic carbocycles. The molecule has 2 aromatic rings. The normalized spacial score (nSPS) is 22.2. The van der Waals surface area contributed by atoms with Gasteiger partial charge in [0.15, 0.2) is 22.8 Å². The molecule has 3 rings (SSSR count). The van der Waals surface area contributed by atoms with Crippen LogP contribution in [0.3, 0.4) is 0 Å². The SMILES string of the molecule is CCC(C)(C)C(=O)SCCNC(=O)CCNC(=O)[C@H](O)C(C)(C)COP(=O)(O)OP(=O)(O)OC[C@H]1OC(n2cnc3c(N)ncnc32)[C@H](O)[C@@H]1OP(=O)(O)O. The molecule has 3 heterocycles. The molecule has 2 aromatic heterocycles. The molecular weight excluding hydrogens is 819 g/mol. The summed E-state index contributed by atoms with van der Waals surface area (Å²) < 4.78 is 62.1. The van der Waals surface area contributed by atoms with E-state index < -0.39 is 90.0 Å². The number of nitrogen functional groups attached to an aromatic ring is 1. The largest absolute Gasteiger partial charge is 0.481 e. The Morgan fingerprint density at radius 2 is 1.69 bits per heavy atom. The molecule has 1 fully saturated rings. The lowest BCUT2D eigenvalue weighted by Crippen LogP contribution is -2.46. The fraction of sp³-hybridized carbons (Fsp3) is 0.704. The molecule has 1 saturated heterocycles. The van der Waals surface area contributed by atoms with Crippen LogP contribution in [0.25, 0.3) is 11.2 Å². The maximum Gasteiger partial charge on any atom is 0.481 e. The van der Waals surface area contributed by atoms with Crippen LogP contribution in [0.4, 0.5) is 5.82 Å². The molecule has 0 saturated carbocycles. The maximum atomic E-state index is 12.7. The monoisotopic (exact) mass is 865 g/mol. The topological polar surface area (TPSA) is 364 Å². The summed E-state index contributed by atoms with van der Waals surface area (Å²) in [4.78, 5) is 87.7. The molecule has 0 bridgehead atoms. The van der Waals surface area contributed by atoms with Crippen molar-refractivity contribution in [2.75, 3.05) is 37.8 Å². The highest BCUT2D eigenvalue weighted by Gasteiger charge is 2.50. The lowest BCUT2D eigenvalue weighted by Gasteiger charge is -2.30. The van der Waals surface area contributed by atoms with Crippen LogP contribution in [-0.2, 0) is 50.7 Å². The summed E-state index contributed by atoms with van der Waals surface area (Å²) in [5.41, 5.74) is 3.78. The van der Waals surface area contributed by atoms with Gasteiger partial charge in [0, 0.05) is 36.1 Å². The molecular formula is C27H46N7O17P3S. The third kappa shape index (κ3) is 13.6. The molecule has 55 heavy (non-hydrogen) atoms. The third-order valence-corrected chi connectivity index (χ3v) is 12.5. The summed E-state index contributed by atoms with van der Waals surface area (Å²) in [6, 6.07) is 0. The first-order chi connectivity index (χ1) is 25.3. The van der Waals surface area contributed by atoms with Crippen molar-refractivity contribution >= 4 is 69.1 Å². The average Bonchev–Trinajstić information content (AvgIpc) is 3.64. The highest BCUT2D eigenvalue weighted by molar-refractivity contribution is 8.13. The molecule has 0 spiro atoms. The van der Waals surface area contributed by atoms with Crippen molar-refractivity contribution < 1.29 is 80.5 Å². The van der Waals surface area contributed by atoms with Crippen LogP contribution in [0, 0.1) is 10.8 Å². The third-order valence-electron chi connectivity index (χ3n) is 8.17. The van der Waals surface area contributed by atoms with Gasteiger partial charge < -0.3 is 50.9 Å². The van der Waals surface area contributed by atoms with Crippen molar-refractivity contribution in [2.24, 2.45) is 10.8 Å². The summed E-state index contributed by atoms with van der Waals surface area (Å²) in [6.45, 7) is 6.07. The van der Waals surface area contributed by atoms with Crippen molar-refractivity contribution in [2.45, 2.75) is 78.1 Å².